The highest BCUT2D eigenvalue weighted by molar-refractivity contribution is 7.89. The SMILES string of the molecule is COc1cc(C)c(NC(=O)c2cccc(S(=O)(=O)N3CCCCC3)c2)cc1OC. The number of hydrogen-bond donors (Lipinski definition) is 1. The van der Waals surface area contributed by atoms with E-state index in [1.165, 1.54) is 23.5 Å². The lowest BCUT2D eigenvalue weighted by Crippen LogP contribution is -2.35. The molecule has 1 N–H and O–H groups in total. The molecule has 1 saturated heterocycles. The second-order valence-corrected chi connectivity index (χ2v) is 8.91. The molecule has 2 aromatic carbocycles. The Kier molecular flexibility index (Phi) is 6.44. The van der Waals surface area contributed by atoms with Crippen molar-refractivity contribution in [3.8, 4) is 11.5 Å². The van der Waals surface area contributed by atoms with Gasteiger partial charge in [0.05, 0.1) is 19.1 Å². The molecule has 0 unspecified atom stereocenters. The second kappa shape index (κ2) is 8.84. The minimum atomic E-state index is -3.60. The van der Waals surface area contributed by atoms with Crippen LogP contribution in [-0.4, -0.2) is 45.9 Å². The van der Waals surface area contributed by atoms with Crippen LogP contribution in [0.5, 0.6) is 11.5 Å². The van der Waals surface area contributed by atoms with Gasteiger partial charge in [-0.1, -0.05) is 12.5 Å². The molecule has 0 saturated carbocycles. The van der Waals surface area contributed by atoms with Crippen LogP contribution in [0.25, 0.3) is 0 Å². The van der Waals surface area contributed by atoms with Gasteiger partial charge < -0.3 is 14.8 Å². The third-order valence-electron chi connectivity index (χ3n) is 5.03. The Balaban J connectivity index is 1.85. The summed E-state index contributed by atoms with van der Waals surface area (Å²) in [5.41, 5.74) is 1.64. The first kappa shape index (κ1) is 21.1. The van der Waals surface area contributed by atoms with Gasteiger partial charge in [-0.05, 0) is 49.6 Å². The molecule has 0 spiro atoms. The summed E-state index contributed by atoms with van der Waals surface area (Å²) in [5, 5.41) is 2.83. The van der Waals surface area contributed by atoms with Gasteiger partial charge in [0, 0.05) is 30.4 Å². The molecule has 0 radical (unpaired) electrons. The molecule has 1 fully saturated rings. The zero-order valence-corrected chi connectivity index (χ0v) is 17.7. The summed E-state index contributed by atoms with van der Waals surface area (Å²) in [6.45, 7) is 2.88. The van der Waals surface area contributed by atoms with Crippen LogP contribution in [0.1, 0.15) is 35.2 Å². The number of carbonyl (C=O) groups excluding carboxylic acids is 1. The highest BCUT2D eigenvalue weighted by Crippen LogP contribution is 2.33. The predicted octanol–water partition coefficient (Wildman–Crippen LogP) is 3.44. The lowest BCUT2D eigenvalue weighted by Gasteiger charge is -2.26. The number of rotatable bonds is 6. The molecule has 0 aromatic heterocycles. The molecule has 7 nitrogen and oxygen atoms in total. The van der Waals surface area contributed by atoms with Gasteiger partial charge in [-0.3, -0.25) is 4.79 Å². The first-order chi connectivity index (χ1) is 13.9. The summed E-state index contributed by atoms with van der Waals surface area (Å²) in [7, 11) is -0.535. The number of amides is 1. The molecule has 29 heavy (non-hydrogen) atoms. The van der Waals surface area contributed by atoms with Crippen molar-refractivity contribution >= 4 is 21.6 Å². The quantitative estimate of drug-likeness (QED) is 0.777. The Morgan fingerprint density at radius 1 is 1.00 bits per heavy atom. The van der Waals surface area contributed by atoms with Gasteiger partial charge in [-0.2, -0.15) is 4.31 Å². The Morgan fingerprint density at radius 2 is 1.66 bits per heavy atom. The van der Waals surface area contributed by atoms with Gasteiger partial charge in [0.2, 0.25) is 10.0 Å². The zero-order chi connectivity index (χ0) is 21.0. The highest BCUT2D eigenvalue weighted by Gasteiger charge is 2.26. The molecule has 3 rings (SSSR count). The molecule has 0 bridgehead atoms. The zero-order valence-electron chi connectivity index (χ0n) is 16.9. The highest BCUT2D eigenvalue weighted by atomic mass is 32.2. The van der Waals surface area contributed by atoms with Crippen LogP contribution >= 0.6 is 0 Å². The number of nitrogens with one attached hydrogen (secondary N) is 1. The maximum Gasteiger partial charge on any atom is 0.255 e. The molecule has 1 aliphatic heterocycles. The number of nitrogens with zero attached hydrogens (tertiary/aromatic N) is 1. The minimum absolute atomic E-state index is 0.135. The monoisotopic (exact) mass is 418 g/mol. The van der Waals surface area contributed by atoms with E-state index in [0.717, 1.165) is 24.8 Å². The van der Waals surface area contributed by atoms with Crippen molar-refractivity contribution in [3.63, 3.8) is 0 Å². The summed E-state index contributed by atoms with van der Waals surface area (Å²) in [4.78, 5) is 12.9. The lowest BCUT2D eigenvalue weighted by molar-refractivity contribution is 0.102. The third-order valence-corrected chi connectivity index (χ3v) is 6.92. The van der Waals surface area contributed by atoms with Crippen molar-refractivity contribution < 1.29 is 22.7 Å². The van der Waals surface area contributed by atoms with E-state index in [1.807, 2.05) is 6.92 Å². The molecule has 1 aliphatic rings. The minimum Gasteiger partial charge on any atom is -0.493 e. The number of carbonyl (C=O) groups is 1. The smallest absolute Gasteiger partial charge is 0.255 e. The Hall–Kier alpha value is -2.58. The van der Waals surface area contributed by atoms with Crippen LogP contribution in [0.4, 0.5) is 5.69 Å². The van der Waals surface area contributed by atoms with Crippen LogP contribution in [-0.2, 0) is 10.0 Å². The standard InChI is InChI=1S/C21H26N2O5S/c1-15-12-19(27-2)20(28-3)14-18(15)22-21(24)16-8-7-9-17(13-16)29(25,26)23-10-5-4-6-11-23/h7-9,12-14H,4-6,10-11H2,1-3H3,(H,22,24). The van der Waals surface area contributed by atoms with Gasteiger partial charge >= 0.3 is 0 Å². The summed E-state index contributed by atoms with van der Waals surface area (Å²) < 4.78 is 37.8. The molecule has 1 heterocycles. The van der Waals surface area contributed by atoms with E-state index in [2.05, 4.69) is 5.32 Å². The number of aryl methyl sites for hydroxylation is 1. The summed E-state index contributed by atoms with van der Waals surface area (Å²) in [5.74, 6) is 0.670. The third kappa shape index (κ3) is 4.54. The van der Waals surface area contributed by atoms with Crippen molar-refractivity contribution in [1.29, 1.82) is 0 Å². The van der Waals surface area contributed by atoms with E-state index in [1.54, 1.807) is 31.4 Å². The first-order valence-corrected chi connectivity index (χ1v) is 10.9. The van der Waals surface area contributed by atoms with Crippen LogP contribution in [0.15, 0.2) is 41.3 Å². The molecular weight excluding hydrogens is 392 g/mol. The summed E-state index contributed by atoms with van der Waals surface area (Å²) >= 11 is 0. The van der Waals surface area contributed by atoms with Crippen LogP contribution < -0.4 is 14.8 Å². The van der Waals surface area contributed by atoms with Crippen LogP contribution in [0.2, 0.25) is 0 Å². The fourth-order valence-electron chi connectivity index (χ4n) is 3.36. The predicted molar refractivity (Wildman–Crippen MR) is 111 cm³/mol. The van der Waals surface area contributed by atoms with Crippen molar-refractivity contribution in [1.82, 2.24) is 4.31 Å². The van der Waals surface area contributed by atoms with Gasteiger partial charge in [-0.15, -0.1) is 0 Å². The fraction of sp³-hybridized carbons (Fsp3) is 0.381. The van der Waals surface area contributed by atoms with Gasteiger partial charge in [0.1, 0.15) is 0 Å². The Labute approximate surface area is 171 Å². The Morgan fingerprint density at radius 3 is 2.31 bits per heavy atom. The fourth-order valence-corrected chi connectivity index (χ4v) is 4.93. The maximum atomic E-state index is 12.9. The summed E-state index contributed by atoms with van der Waals surface area (Å²) in [6, 6.07) is 9.59. The van der Waals surface area contributed by atoms with E-state index in [9.17, 15) is 13.2 Å². The average molecular weight is 419 g/mol. The van der Waals surface area contributed by atoms with Crippen molar-refractivity contribution in [2.75, 3.05) is 32.6 Å². The maximum absolute atomic E-state index is 12.9. The van der Waals surface area contributed by atoms with E-state index in [0.29, 0.717) is 30.3 Å². The normalized spacial score (nSPS) is 15.0. The Bertz CT molecular complexity index is 998. The van der Waals surface area contributed by atoms with Gasteiger partial charge in [0.15, 0.2) is 11.5 Å². The van der Waals surface area contributed by atoms with Crippen molar-refractivity contribution in [2.45, 2.75) is 31.1 Å². The average Bonchev–Trinajstić information content (AvgIpc) is 2.75. The van der Waals surface area contributed by atoms with Crippen LogP contribution in [0, 0.1) is 6.92 Å². The molecule has 0 aliphatic carbocycles. The number of anilines is 1. The van der Waals surface area contributed by atoms with Gasteiger partial charge in [0.25, 0.3) is 5.91 Å². The second-order valence-electron chi connectivity index (χ2n) is 6.97. The number of hydrogen-bond acceptors (Lipinski definition) is 5. The number of benzene rings is 2. The van der Waals surface area contributed by atoms with E-state index in [4.69, 9.17) is 9.47 Å². The molecular formula is C21H26N2O5S. The van der Waals surface area contributed by atoms with Crippen molar-refractivity contribution in [3.05, 3.63) is 47.5 Å². The van der Waals surface area contributed by atoms with E-state index in [-0.39, 0.29) is 10.5 Å². The van der Waals surface area contributed by atoms with Crippen LogP contribution in [0.3, 0.4) is 0 Å². The number of piperidine rings is 1. The molecule has 1 amide bonds. The number of sulfonamides is 1. The van der Waals surface area contributed by atoms with Gasteiger partial charge in [-0.25, -0.2) is 8.42 Å². The molecule has 2 aromatic rings. The number of methoxy groups -OCH3 is 2. The largest absolute Gasteiger partial charge is 0.493 e. The van der Waals surface area contributed by atoms with E-state index < -0.39 is 15.9 Å². The molecule has 8 heteroatoms. The molecule has 0 atom stereocenters. The number of ether oxygens (including phenoxy) is 2. The first-order valence-electron chi connectivity index (χ1n) is 9.51. The van der Waals surface area contributed by atoms with Crippen molar-refractivity contribution in [2.24, 2.45) is 0 Å². The summed E-state index contributed by atoms with van der Waals surface area (Å²) in [6.07, 6.45) is 2.76. The lowest BCUT2D eigenvalue weighted by atomic mass is 10.1. The topological polar surface area (TPSA) is 84.9 Å². The molecule has 156 valence electrons. The van der Waals surface area contributed by atoms with E-state index >= 15 is 0 Å².